The van der Waals surface area contributed by atoms with Gasteiger partial charge in [0.15, 0.2) is 11.5 Å². The number of rotatable bonds is 6. The summed E-state index contributed by atoms with van der Waals surface area (Å²) < 4.78 is 10.5. The summed E-state index contributed by atoms with van der Waals surface area (Å²) in [4.78, 5) is 12.2. The summed E-state index contributed by atoms with van der Waals surface area (Å²) in [5.41, 5.74) is 1.71. The molecule has 0 atom stereocenters. The van der Waals surface area contributed by atoms with Crippen LogP contribution in [0.2, 0.25) is 5.02 Å². The summed E-state index contributed by atoms with van der Waals surface area (Å²) in [6, 6.07) is 14.7. The molecule has 0 radical (unpaired) electrons. The molecule has 0 saturated carbocycles. The Morgan fingerprint density at radius 1 is 1.19 bits per heavy atom. The molecule has 1 aliphatic rings. The van der Waals surface area contributed by atoms with Crippen molar-refractivity contribution >= 4 is 17.5 Å². The molecule has 2 aromatic rings. The van der Waals surface area contributed by atoms with E-state index in [4.69, 9.17) is 21.1 Å². The van der Waals surface area contributed by atoms with Crippen LogP contribution in [0.3, 0.4) is 0 Å². The van der Waals surface area contributed by atoms with Crippen molar-refractivity contribution in [3.8, 4) is 17.6 Å². The van der Waals surface area contributed by atoms with E-state index in [2.05, 4.69) is 10.6 Å². The molecule has 26 heavy (non-hydrogen) atoms. The molecule has 0 aliphatic carbocycles. The first-order valence-electron chi connectivity index (χ1n) is 7.91. The molecule has 0 fully saturated rings. The Labute approximate surface area is 156 Å². The molecular formula is C19H16ClN3O3. The number of fused-ring (bicyclic) bond motifs is 1. The average Bonchev–Trinajstić information content (AvgIpc) is 3.12. The van der Waals surface area contributed by atoms with Crippen LogP contribution in [0, 0.1) is 11.3 Å². The van der Waals surface area contributed by atoms with E-state index >= 15 is 0 Å². The van der Waals surface area contributed by atoms with E-state index in [9.17, 15) is 10.1 Å². The summed E-state index contributed by atoms with van der Waals surface area (Å²) in [6.45, 7) is 0.892. The van der Waals surface area contributed by atoms with Crippen LogP contribution in [0.5, 0.6) is 11.5 Å². The van der Waals surface area contributed by atoms with Gasteiger partial charge in [-0.05, 0) is 29.3 Å². The quantitative estimate of drug-likeness (QED) is 0.604. The number of amides is 1. The van der Waals surface area contributed by atoms with E-state index in [0.717, 1.165) is 11.1 Å². The number of hydrogen-bond donors (Lipinski definition) is 2. The van der Waals surface area contributed by atoms with Gasteiger partial charge >= 0.3 is 0 Å². The first-order chi connectivity index (χ1) is 12.7. The number of hydrogen-bond acceptors (Lipinski definition) is 5. The van der Waals surface area contributed by atoms with Crippen molar-refractivity contribution in [1.82, 2.24) is 10.6 Å². The highest BCUT2D eigenvalue weighted by Gasteiger charge is 2.14. The highest BCUT2D eigenvalue weighted by molar-refractivity contribution is 6.31. The second-order valence-electron chi connectivity index (χ2n) is 5.51. The van der Waals surface area contributed by atoms with Crippen molar-refractivity contribution in [1.29, 1.82) is 5.26 Å². The molecule has 6 nitrogen and oxygen atoms in total. The van der Waals surface area contributed by atoms with Gasteiger partial charge in [0, 0.05) is 24.3 Å². The molecule has 0 aromatic heterocycles. The van der Waals surface area contributed by atoms with Gasteiger partial charge in [0.2, 0.25) is 6.79 Å². The zero-order valence-corrected chi connectivity index (χ0v) is 14.5. The Morgan fingerprint density at radius 3 is 2.81 bits per heavy atom. The standard InChI is InChI=1S/C19H16ClN3O3/c20-16-4-2-1-3-14(16)10-22-11-15(8-21)19(24)23-9-13-5-6-17-18(7-13)26-12-25-17/h1-7,11,22H,9-10,12H2,(H,23,24)/b15-11-. The Bertz CT molecular complexity index is 890. The van der Waals surface area contributed by atoms with Gasteiger partial charge in [0.1, 0.15) is 11.6 Å². The number of ether oxygens (including phenoxy) is 2. The van der Waals surface area contributed by atoms with Crippen molar-refractivity contribution in [2.75, 3.05) is 6.79 Å². The lowest BCUT2D eigenvalue weighted by Gasteiger charge is -2.07. The van der Waals surface area contributed by atoms with Crippen LogP contribution in [0.4, 0.5) is 0 Å². The number of nitrogens with zero attached hydrogens (tertiary/aromatic N) is 1. The molecule has 1 amide bonds. The summed E-state index contributed by atoms with van der Waals surface area (Å²) in [6.07, 6.45) is 1.39. The minimum Gasteiger partial charge on any atom is -0.454 e. The molecule has 2 N–H and O–H groups in total. The van der Waals surface area contributed by atoms with Crippen LogP contribution < -0.4 is 20.1 Å². The first-order valence-corrected chi connectivity index (χ1v) is 8.29. The highest BCUT2D eigenvalue weighted by atomic mass is 35.5. The minimum absolute atomic E-state index is 0.0159. The average molecular weight is 370 g/mol. The van der Waals surface area contributed by atoms with E-state index < -0.39 is 5.91 Å². The third-order valence-corrected chi connectivity index (χ3v) is 4.12. The van der Waals surface area contributed by atoms with E-state index in [1.165, 1.54) is 6.20 Å². The molecular weight excluding hydrogens is 354 g/mol. The normalized spacial score (nSPS) is 12.4. The Balaban J connectivity index is 1.55. The van der Waals surface area contributed by atoms with Crippen LogP contribution in [0.25, 0.3) is 0 Å². The summed E-state index contributed by atoms with van der Waals surface area (Å²) >= 11 is 6.07. The van der Waals surface area contributed by atoms with Crippen molar-refractivity contribution in [2.45, 2.75) is 13.1 Å². The van der Waals surface area contributed by atoms with Crippen LogP contribution in [0.1, 0.15) is 11.1 Å². The van der Waals surface area contributed by atoms with Gasteiger partial charge in [-0.1, -0.05) is 35.9 Å². The second-order valence-corrected chi connectivity index (χ2v) is 5.92. The molecule has 132 valence electrons. The fraction of sp³-hybridized carbons (Fsp3) is 0.158. The zero-order valence-electron chi connectivity index (χ0n) is 13.8. The highest BCUT2D eigenvalue weighted by Crippen LogP contribution is 2.32. The minimum atomic E-state index is -0.461. The number of nitrogens with one attached hydrogen (secondary N) is 2. The van der Waals surface area contributed by atoms with Gasteiger partial charge in [0.05, 0.1) is 0 Å². The van der Waals surface area contributed by atoms with Gasteiger partial charge in [-0.25, -0.2) is 0 Å². The van der Waals surface area contributed by atoms with Crippen molar-refractivity contribution in [2.24, 2.45) is 0 Å². The Morgan fingerprint density at radius 2 is 2.00 bits per heavy atom. The predicted molar refractivity (Wildman–Crippen MR) is 96.4 cm³/mol. The van der Waals surface area contributed by atoms with Gasteiger partial charge in [-0.2, -0.15) is 5.26 Å². The molecule has 1 aliphatic heterocycles. The molecule has 3 rings (SSSR count). The number of halogens is 1. The zero-order chi connectivity index (χ0) is 18.4. The van der Waals surface area contributed by atoms with E-state index in [1.54, 1.807) is 18.2 Å². The smallest absolute Gasteiger partial charge is 0.263 e. The lowest BCUT2D eigenvalue weighted by molar-refractivity contribution is -0.117. The van der Waals surface area contributed by atoms with Crippen molar-refractivity contribution in [3.63, 3.8) is 0 Å². The molecule has 0 unspecified atom stereocenters. The van der Waals surface area contributed by atoms with Crippen LogP contribution >= 0.6 is 11.6 Å². The topological polar surface area (TPSA) is 83.4 Å². The maximum Gasteiger partial charge on any atom is 0.263 e. The molecule has 1 heterocycles. The Kier molecular flexibility index (Phi) is 5.62. The van der Waals surface area contributed by atoms with Gasteiger partial charge in [-0.15, -0.1) is 0 Å². The number of nitriles is 1. The van der Waals surface area contributed by atoms with Crippen LogP contribution in [-0.4, -0.2) is 12.7 Å². The summed E-state index contributed by atoms with van der Waals surface area (Å²) in [7, 11) is 0. The third kappa shape index (κ3) is 4.26. The monoisotopic (exact) mass is 369 g/mol. The van der Waals surface area contributed by atoms with Crippen molar-refractivity contribution in [3.05, 3.63) is 70.4 Å². The fourth-order valence-corrected chi connectivity index (χ4v) is 2.58. The predicted octanol–water partition coefficient (Wildman–Crippen LogP) is 2.88. The summed E-state index contributed by atoms with van der Waals surface area (Å²) in [5.74, 6) is 0.868. The number of carbonyl (C=O) groups is 1. The first kappa shape index (κ1) is 17.6. The maximum atomic E-state index is 12.2. The van der Waals surface area contributed by atoms with E-state index in [-0.39, 0.29) is 18.9 Å². The molecule has 7 heteroatoms. The molecule has 0 bridgehead atoms. The SMILES string of the molecule is N#C/C(=C/NCc1ccccc1Cl)C(=O)NCc1ccc2c(c1)OCO2. The molecule has 2 aromatic carbocycles. The molecule has 0 saturated heterocycles. The van der Waals surface area contributed by atoms with E-state index in [0.29, 0.717) is 23.1 Å². The van der Waals surface area contributed by atoms with Crippen LogP contribution in [-0.2, 0) is 17.9 Å². The lowest BCUT2D eigenvalue weighted by atomic mass is 10.2. The maximum absolute atomic E-state index is 12.2. The summed E-state index contributed by atoms with van der Waals surface area (Å²) in [5, 5.41) is 15.5. The largest absolute Gasteiger partial charge is 0.454 e. The van der Waals surface area contributed by atoms with Crippen LogP contribution in [0.15, 0.2) is 54.2 Å². The number of carbonyl (C=O) groups excluding carboxylic acids is 1. The fourth-order valence-electron chi connectivity index (χ4n) is 2.38. The third-order valence-electron chi connectivity index (χ3n) is 3.75. The van der Waals surface area contributed by atoms with E-state index in [1.807, 2.05) is 30.3 Å². The molecule has 0 spiro atoms. The van der Waals surface area contributed by atoms with Crippen molar-refractivity contribution < 1.29 is 14.3 Å². The Hall–Kier alpha value is -3.17. The number of benzene rings is 2. The lowest BCUT2D eigenvalue weighted by Crippen LogP contribution is -2.25. The van der Waals surface area contributed by atoms with Gasteiger partial charge < -0.3 is 20.1 Å². The van der Waals surface area contributed by atoms with Gasteiger partial charge in [0.25, 0.3) is 5.91 Å². The van der Waals surface area contributed by atoms with Gasteiger partial charge in [-0.3, -0.25) is 4.79 Å². The second kappa shape index (κ2) is 8.28.